The molecule has 2 rings (SSSR count). The summed E-state index contributed by atoms with van der Waals surface area (Å²) < 4.78 is 13.8. The largest absolute Gasteiger partial charge is 0.476 e. The van der Waals surface area contributed by atoms with E-state index in [9.17, 15) is 14.0 Å². The molecule has 2 aromatic rings. The normalized spacial score (nSPS) is 10.5. The van der Waals surface area contributed by atoms with Crippen LogP contribution in [0.2, 0.25) is 0 Å². The lowest BCUT2D eigenvalue weighted by atomic mass is 10.2. The van der Waals surface area contributed by atoms with Crippen LogP contribution in [-0.4, -0.2) is 21.8 Å². The van der Waals surface area contributed by atoms with Crippen molar-refractivity contribution >= 4 is 39.0 Å². The van der Waals surface area contributed by atoms with Crippen LogP contribution in [0.25, 0.3) is 10.6 Å². The first-order valence-electron chi connectivity index (χ1n) is 5.10. The van der Waals surface area contributed by atoms with E-state index in [0.29, 0.717) is 10.0 Å². The molecule has 0 amide bonds. The van der Waals surface area contributed by atoms with Crippen molar-refractivity contribution in [2.24, 2.45) is 0 Å². The number of carbonyl (C=O) groups excluding carboxylic acids is 1. The van der Waals surface area contributed by atoms with Gasteiger partial charge in [0.15, 0.2) is 11.5 Å². The Morgan fingerprint density at radius 2 is 2.11 bits per heavy atom. The fourth-order valence-electron chi connectivity index (χ4n) is 1.48. The number of aromatic nitrogens is 1. The fourth-order valence-corrected chi connectivity index (χ4v) is 3.03. The second kappa shape index (κ2) is 5.18. The number of hydrogen-bond donors (Lipinski definition) is 1. The van der Waals surface area contributed by atoms with Gasteiger partial charge in [-0.3, -0.25) is 4.79 Å². The van der Waals surface area contributed by atoms with Crippen LogP contribution in [0.5, 0.6) is 0 Å². The van der Waals surface area contributed by atoms with Crippen molar-refractivity contribution in [1.29, 1.82) is 0 Å². The number of carbonyl (C=O) groups is 2. The van der Waals surface area contributed by atoms with Crippen LogP contribution in [0, 0.1) is 5.82 Å². The van der Waals surface area contributed by atoms with Crippen LogP contribution in [0.15, 0.2) is 22.7 Å². The predicted molar refractivity (Wildman–Crippen MR) is 72.2 cm³/mol. The van der Waals surface area contributed by atoms with Gasteiger partial charge in [0.2, 0.25) is 0 Å². The standard InChI is InChI=1S/C12H7BrFNO3S/c1-5(16)10-9(12(17)18)15-11(19-10)7-4-6(14)2-3-8(7)13/h2-4H,1H3,(H,17,18). The number of Topliss-reactive ketones (excluding diaryl/α,β-unsaturated/α-hetero) is 1. The number of halogens is 2. The SMILES string of the molecule is CC(=O)c1sc(-c2cc(F)ccc2Br)nc1C(=O)O. The van der Waals surface area contributed by atoms with Gasteiger partial charge in [-0.1, -0.05) is 15.9 Å². The summed E-state index contributed by atoms with van der Waals surface area (Å²) in [5, 5.41) is 9.29. The van der Waals surface area contributed by atoms with Crippen LogP contribution in [-0.2, 0) is 0 Å². The van der Waals surface area contributed by atoms with Gasteiger partial charge in [-0.2, -0.15) is 0 Å². The highest BCUT2D eigenvalue weighted by Gasteiger charge is 2.22. The quantitative estimate of drug-likeness (QED) is 0.864. The zero-order valence-corrected chi connectivity index (χ0v) is 12.0. The summed E-state index contributed by atoms with van der Waals surface area (Å²) in [5.41, 5.74) is 0.115. The Kier molecular flexibility index (Phi) is 3.77. The summed E-state index contributed by atoms with van der Waals surface area (Å²) in [7, 11) is 0. The van der Waals surface area contributed by atoms with Gasteiger partial charge in [0.25, 0.3) is 0 Å². The maximum Gasteiger partial charge on any atom is 0.356 e. The van der Waals surface area contributed by atoms with Gasteiger partial charge in [-0.25, -0.2) is 14.2 Å². The molecular weight excluding hydrogens is 337 g/mol. The van der Waals surface area contributed by atoms with Crippen LogP contribution in [0.4, 0.5) is 4.39 Å². The number of benzene rings is 1. The number of thiazole rings is 1. The highest BCUT2D eigenvalue weighted by molar-refractivity contribution is 9.10. The first kappa shape index (κ1) is 13.8. The molecule has 1 N–H and O–H groups in total. The third kappa shape index (κ3) is 2.71. The lowest BCUT2D eigenvalue weighted by Crippen LogP contribution is -2.03. The van der Waals surface area contributed by atoms with E-state index in [4.69, 9.17) is 5.11 Å². The van der Waals surface area contributed by atoms with E-state index in [2.05, 4.69) is 20.9 Å². The molecule has 0 radical (unpaired) electrons. The number of ketones is 1. The van der Waals surface area contributed by atoms with Crippen LogP contribution < -0.4 is 0 Å². The van der Waals surface area contributed by atoms with Crippen LogP contribution in [0.3, 0.4) is 0 Å². The number of rotatable bonds is 3. The molecule has 4 nitrogen and oxygen atoms in total. The van der Waals surface area contributed by atoms with E-state index in [1.807, 2.05) is 0 Å². The van der Waals surface area contributed by atoms with Crippen molar-refractivity contribution in [2.45, 2.75) is 6.92 Å². The van der Waals surface area contributed by atoms with Gasteiger partial charge < -0.3 is 5.11 Å². The van der Waals surface area contributed by atoms with E-state index in [0.717, 1.165) is 11.3 Å². The zero-order valence-electron chi connectivity index (χ0n) is 9.61. The molecule has 0 aliphatic heterocycles. The number of nitrogens with zero attached hydrogens (tertiary/aromatic N) is 1. The minimum Gasteiger partial charge on any atom is -0.476 e. The molecule has 1 aromatic heterocycles. The van der Waals surface area contributed by atoms with Gasteiger partial charge in [0, 0.05) is 17.0 Å². The van der Waals surface area contributed by atoms with Crippen molar-refractivity contribution in [2.75, 3.05) is 0 Å². The van der Waals surface area contributed by atoms with Gasteiger partial charge in [0.05, 0.1) is 0 Å². The topological polar surface area (TPSA) is 67.3 Å². The third-order valence-electron chi connectivity index (χ3n) is 2.31. The molecule has 0 saturated heterocycles. The number of hydrogen-bond acceptors (Lipinski definition) is 4. The molecule has 0 spiro atoms. The molecule has 0 aliphatic rings. The van der Waals surface area contributed by atoms with Crippen LogP contribution >= 0.6 is 27.3 Å². The smallest absolute Gasteiger partial charge is 0.356 e. The van der Waals surface area contributed by atoms with Crippen molar-refractivity contribution in [3.63, 3.8) is 0 Å². The van der Waals surface area contributed by atoms with Gasteiger partial charge in [-0.15, -0.1) is 11.3 Å². The first-order chi connectivity index (χ1) is 8.90. The fraction of sp³-hybridized carbons (Fsp3) is 0.0833. The molecular formula is C12H7BrFNO3S. The van der Waals surface area contributed by atoms with Crippen LogP contribution in [0.1, 0.15) is 27.1 Å². The highest BCUT2D eigenvalue weighted by atomic mass is 79.9. The highest BCUT2D eigenvalue weighted by Crippen LogP contribution is 2.34. The van der Waals surface area contributed by atoms with E-state index >= 15 is 0 Å². The summed E-state index contributed by atoms with van der Waals surface area (Å²) in [6.45, 7) is 1.27. The molecule has 7 heteroatoms. The number of carboxylic acid groups (broad SMARTS) is 1. The Labute approximate surface area is 120 Å². The third-order valence-corrected chi connectivity index (χ3v) is 4.19. The molecule has 0 bridgehead atoms. The Bertz CT molecular complexity index is 652. The zero-order chi connectivity index (χ0) is 14.2. The molecule has 1 aromatic carbocycles. The Hall–Kier alpha value is -1.60. The Balaban J connectivity index is 2.64. The Morgan fingerprint density at radius 3 is 2.63 bits per heavy atom. The predicted octanol–water partition coefficient (Wildman–Crippen LogP) is 3.61. The lowest BCUT2D eigenvalue weighted by Gasteiger charge is -1.99. The van der Waals surface area contributed by atoms with E-state index in [1.165, 1.54) is 25.1 Å². The number of carboxylic acids is 1. The molecule has 0 aliphatic carbocycles. The van der Waals surface area contributed by atoms with E-state index < -0.39 is 11.8 Å². The first-order valence-corrected chi connectivity index (χ1v) is 6.71. The minimum absolute atomic E-state index is 0.0543. The summed E-state index contributed by atoms with van der Waals surface area (Å²) in [5.74, 6) is -2.12. The molecule has 98 valence electrons. The van der Waals surface area contributed by atoms with Crippen molar-refractivity contribution in [3.8, 4) is 10.6 Å². The van der Waals surface area contributed by atoms with Crippen molar-refractivity contribution in [3.05, 3.63) is 39.1 Å². The number of aromatic carboxylic acids is 1. The summed E-state index contributed by atoms with van der Waals surface area (Å²) >= 11 is 4.18. The van der Waals surface area contributed by atoms with Gasteiger partial charge >= 0.3 is 5.97 Å². The second-order valence-corrected chi connectivity index (χ2v) is 5.54. The second-order valence-electron chi connectivity index (χ2n) is 3.68. The molecule has 0 atom stereocenters. The molecule has 1 heterocycles. The Morgan fingerprint density at radius 1 is 1.42 bits per heavy atom. The molecule has 0 saturated carbocycles. The lowest BCUT2D eigenvalue weighted by molar-refractivity contribution is 0.0687. The van der Waals surface area contributed by atoms with E-state index in [1.54, 1.807) is 0 Å². The summed E-state index contributed by atoms with van der Waals surface area (Å²) in [6, 6.07) is 4.00. The van der Waals surface area contributed by atoms with Crippen molar-refractivity contribution < 1.29 is 19.1 Å². The monoisotopic (exact) mass is 343 g/mol. The minimum atomic E-state index is -1.28. The summed E-state index contributed by atoms with van der Waals surface area (Å²) in [6.07, 6.45) is 0. The van der Waals surface area contributed by atoms with Gasteiger partial charge in [0.1, 0.15) is 15.7 Å². The summed E-state index contributed by atoms with van der Waals surface area (Å²) in [4.78, 5) is 26.4. The average Bonchev–Trinajstić information content (AvgIpc) is 2.77. The molecule has 0 unspecified atom stereocenters. The van der Waals surface area contributed by atoms with Gasteiger partial charge in [-0.05, 0) is 18.2 Å². The van der Waals surface area contributed by atoms with Crippen molar-refractivity contribution in [1.82, 2.24) is 4.98 Å². The van der Waals surface area contributed by atoms with E-state index in [-0.39, 0.29) is 21.4 Å². The average molecular weight is 344 g/mol. The maximum absolute atomic E-state index is 13.2. The molecule has 0 fully saturated rings. The molecule has 19 heavy (non-hydrogen) atoms. The maximum atomic E-state index is 13.2.